The molecule has 0 aromatic carbocycles. The summed E-state index contributed by atoms with van der Waals surface area (Å²) in [4.78, 5) is 4.12. The van der Waals surface area contributed by atoms with Gasteiger partial charge >= 0.3 is 0 Å². The summed E-state index contributed by atoms with van der Waals surface area (Å²) in [5, 5.41) is 16.0. The van der Waals surface area contributed by atoms with Gasteiger partial charge in [-0.05, 0) is 29.3 Å². The van der Waals surface area contributed by atoms with Crippen LogP contribution in [0.15, 0.2) is 27.7 Å². The molecule has 13 heavy (non-hydrogen) atoms. The fraction of sp³-hybridized carbons (Fsp3) is 0.222. The molecule has 0 spiro atoms. The third-order valence-electron chi connectivity index (χ3n) is 2.01. The second kappa shape index (κ2) is 3.21. The first-order chi connectivity index (χ1) is 6.21. The summed E-state index contributed by atoms with van der Waals surface area (Å²) in [6, 6.07) is 1.92. The molecule has 68 valence electrons. The van der Waals surface area contributed by atoms with Crippen LogP contribution in [0.4, 0.5) is 0 Å². The Hall–Kier alpha value is -0.710. The minimum absolute atomic E-state index is 0.718. The van der Waals surface area contributed by atoms with E-state index >= 15 is 0 Å². The minimum atomic E-state index is -0.944. The van der Waals surface area contributed by atoms with Crippen LogP contribution >= 0.6 is 22.7 Å². The maximum absolute atomic E-state index is 10.2. The van der Waals surface area contributed by atoms with E-state index in [1.807, 2.05) is 22.2 Å². The van der Waals surface area contributed by atoms with Crippen LogP contribution in [0.5, 0.6) is 0 Å². The zero-order valence-corrected chi connectivity index (χ0v) is 8.73. The highest BCUT2D eigenvalue weighted by Gasteiger charge is 2.27. The lowest BCUT2D eigenvalue weighted by atomic mass is 9.96. The van der Waals surface area contributed by atoms with Crippen molar-refractivity contribution in [3.05, 3.63) is 39.0 Å². The second-order valence-corrected chi connectivity index (χ2v) is 4.46. The van der Waals surface area contributed by atoms with Crippen molar-refractivity contribution in [3.63, 3.8) is 0 Å². The van der Waals surface area contributed by atoms with E-state index in [4.69, 9.17) is 0 Å². The molecule has 4 heteroatoms. The van der Waals surface area contributed by atoms with Gasteiger partial charge in [-0.3, -0.25) is 0 Å². The van der Waals surface area contributed by atoms with E-state index in [2.05, 4.69) is 4.98 Å². The Kier molecular flexibility index (Phi) is 2.19. The summed E-state index contributed by atoms with van der Waals surface area (Å²) >= 11 is 3.08. The van der Waals surface area contributed by atoms with E-state index in [0.29, 0.717) is 0 Å². The molecule has 2 heterocycles. The van der Waals surface area contributed by atoms with Gasteiger partial charge in [-0.15, -0.1) is 11.3 Å². The monoisotopic (exact) mass is 211 g/mol. The first-order valence-corrected chi connectivity index (χ1v) is 5.73. The van der Waals surface area contributed by atoms with E-state index in [1.54, 1.807) is 23.8 Å². The molecule has 0 amide bonds. The highest BCUT2D eigenvalue weighted by Crippen LogP contribution is 2.29. The summed E-state index contributed by atoms with van der Waals surface area (Å²) in [7, 11) is 0. The number of thiazole rings is 1. The van der Waals surface area contributed by atoms with Crippen molar-refractivity contribution in [2.75, 3.05) is 0 Å². The number of aliphatic hydroxyl groups is 1. The molecule has 0 bridgehead atoms. The first-order valence-electron chi connectivity index (χ1n) is 3.85. The number of nitrogens with zero attached hydrogens (tertiary/aromatic N) is 1. The molecule has 2 aromatic rings. The molecule has 0 saturated carbocycles. The highest BCUT2D eigenvalue weighted by atomic mass is 32.1. The van der Waals surface area contributed by atoms with E-state index in [-0.39, 0.29) is 0 Å². The predicted octanol–water partition coefficient (Wildman–Crippen LogP) is 2.46. The molecule has 1 unspecified atom stereocenters. The first kappa shape index (κ1) is 8.87. The van der Waals surface area contributed by atoms with Crippen LogP contribution in [0, 0.1) is 0 Å². The van der Waals surface area contributed by atoms with Crippen molar-refractivity contribution >= 4 is 22.7 Å². The average Bonchev–Trinajstić information content (AvgIpc) is 2.78. The van der Waals surface area contributed by atoms with Gasteiger partial charge in [-0.25, -0.2) is 4.98 Å². The lowest BCUT2D eigenvalue weighted by molar-refractivity contribution is 0.0986. The molecule has 0 saturated heterocycles. The van der Waals surface area contributed by atoms with Crippen LogP contribution < -0.4 is 0 Å². The Balaban J connectivity index is 2.42. The van der Waals surface area contributed by atoms with Gasteiger partial charge in [0.15, 0.2) is 0 Å². The lowest BCUT2D eigenvalue weighted by Gasteiger charge is -2.19. The quantitative estimate of drug-likeness (QED) is 0.827. The van der Waals surface area contributed by atoms with Crippen molar-refractivity contribution in [1.82, 2.24) is 4.98 Å². The van der Waals surface area contributed by atoms with Crippen LogP contribution in [0.1, 0.15) is 18.2 Å². The Bertz CT molecular complexity index is 328. The molecule has 0 radical (unpaired) electrons. The molecule has 1 atom stereocenters. The molecule has 2 rings (SSSR count). The molecule has 0 aliphatic rings. The molecule has 0 fully saturated rings. The second-order valence-electron chi connectivity index (χ2n) is 2.96. The van der Waals surface area contributed by atoms with Crippen molar-refractivity contribution in [2.45, 2.75) is 12.5 Å². The smallest absolute Gasteiger partial charge is 0.130 e. The van der Waals surface area contributed by atoms with Crippen LogP contribution in [0.3, 0.4) is 0 Å². The Labute approximate surface area is 84.5 Å². The van der Waals surface area contributed by atoms with E-state index in [0.717, 1.165) is 11.3 Å². The predicted molar refractivity (Wildman–Crippen MR) is 55.1 cm³/mol. The van der Waals surface area contributed by atoms with Gasteiger partial charge in [0.2, 0.25) is 0 Å². The average molecular weight is 211 g/mol. The number of thiophene rings is 1. The standard InChI is InChI=1S/C9H9NOS2/c1-9(11,7-2-3-12-4-7)8-5-13-6-10-8/h2-6,11H,1H3. The van der Waals surface area contributed by atoms with Crippen molar-refractivity contribution in [3.8, 4) is 0 Å². The zero-order chi connectivity index (χ0) is 9.31. The Morgan fingerprint density at radius 2 is 2.23 bits per heavy atom. The highest BCUT2D eigenvalue weighted by molar-refractivity contribution is 7.08. The number of aromatic nitrogens is 1. The maximum atomic E-state index is 10.2. The molecule has 1 N–H and O–H groups in total. The Morgan fingerprint density at radius 3 is 2.77 bits per heavy atom. The third kappa shape index (κ3) is 1.52. The maximum Gasteiger partial charge on any atom is 0.130 e. The van der Waals surface area contributed by atoms with E-state index in [1.165, 1.54) is 11.3 Å². The topological polar surface area (TPSA) is 33.1 Å². The van der Waals surface area contributed by atoms with Crippen LogP contribution in [0.25, 0.3) is 0 Å². The minimum Gasteiger partial charge on any atom is -0.379 e. The third-order valence-corrected chi connectivity index (χ3v) is 3.28. The van der Waals surface area contributed by atoms with Crippen molar-refractivity contribution in [2.24, 2.45) is 0 Å². The van der Waals surface area contributed by atoms with E-state index in [9.17, 15) is 5.11 Å². The Morgan fingerprint density at radius 1 is 1.38 bits per heavy atom. The van der Waals surface area contributed by atoms with Gasteiger partial charge in [0.1, 0.15) is 5.60 Å². The van der Waals surface area contributed by atoms with E-state index < -0.39 is 5.60 Å². The van der Waals surface area contributed by atoms with Gasteiger partial charge in [-0.1, -0.05) is 0 Å². The fourth-order valence-electron chi connectivity index (χ4n) is 1.14. The molecular formula is C9H9NOS2. The van der Waals surface area contributed by atoms with Gasteiger partial charge in [0, 0.05) is 5.38 Å². The summed E-state index contributed by atoms with van der Waals surface area (Å²) in [5.41, 5.74) is 2.41. The summed E-state index contributed by atoms with van der Waals surface area (Å²) < 4.78 is 0. The summed E-state index contributed by atoms with van der Waals surface area (Å²) in [6.45, 7) is 1.77. The van der Waals surface area contributed by atoms with Gasteiger partial charge < -0.3 is 5.11 Å². The number of hydrogen-bond acceptors (Lipinski definition) is 4. The summed E-state index contributed by atoms with van der Waals surface area (Å²) in [6.07, 6.45) is 0. The molecule has 0 aliphatic heterocycles. The van der Waals surface area contributed by atoms with Crippen LogP contribution in [0.2, 0.25) is 0 Å². The SMILES string of the molecule is CC(O)(c1ccsc1)c1cscn1. The van der Waals surface area contributed by atoms with Gasteiger partial charge in [0.05, 0.1) is 11.2 Å². The number of hydrogen-bond donors (Lipinski definition) is 1. The normalized spacial score (nSPS) is 15.5. The largest absolute Gasteiger partial charge is 0.379 e. The van der Waals surface area contributed by atoms with Gasteiger partial charge in [0.25, 0.3) is 0 Å². The van der Waals surface area contributed by atoms with Crippen LogP contribution in [-0.2, 0) is 5.60 Å². The van der Waals surface area contributed by atoms with Crippen LogP contribution in [-0.4, -0.2) is 10.1 Å². The molecule has 0 aliphatic carbocycles. The molecule has 2 aromatic heterocycles. The van der Waals surface area contributed by atoms with Crippen molar-refractivity contribution < 1.29 is 5.11 Å². The molecular weight excluding hydrogens is 202 g/mol. The van der Waals surface area contributed by atoms with Crippen molar-refractivity contribution in [1.29, 1.82) is 0 Å². The molecule has 2 nitrogen and oxygen atoms in total. The number of rotatable bonds is 2. The van der Waals surface area contributed by atoms with Gasteiger partial charge in [-0.2, -0.15) is 11.3 Å². The zero-order valence-electron chi connectivity index (χ0n) is 7.10. The summed E-state index contributed by atoms with van der Waals surface area (Å²) in [5.74, 6) is 0. The fourth-order valence-corrected chi connectivity index (χ4v) is 2.56. The lowest BCUT2D eigenvalue weighted by Crippen LogP contribution is -2.22.